The zero-order valence-electron chi connectivity index (χ0n) is 15.3. The maximum Gasteiger partial charge on any atom is 0.317 e. The number of rotatable bonds is 7. The number of likely N-dealkylation sites (tertiary alicyclic amines) is 1. The predicted octanol–water partition coefficient (Wildman–Crippen LogP) is 2.58. The number of urea groups is 1. The van der Waals surface area contributed by atoms with E-state index in [4.69, 9.17) is 5.11 Å². The van der Waals surface area contributed by atoms with Crippen molar-refractivity contribution in [2.24, 2.45) is 5.92 Å². The molecule has 2 aliphatic rings. The summed E-state index contributed by atoms with van der Waals surface area (Å²) in [7, 11) is 0. The lowest BCUT2D eigenvalue weighted by atomic mass is 9.99. The van der Waals surface area contributed by atoms with Crippen LogP contribution in [0.3, 0.4) is 0 Å². The monoisotopic (exact) mass is 345 g/mol. The Morgan fingerprint density at radius 2 is 1.96 bits per heavy atom. The van der Waals surface area contributed by atoms with Crippen molar-refractivity contribution in [1.29, 1.82) is 0 Å². The Labute approximate surface area is 151 Å². The van der Waals surface area contributed by atoms with Gasteiger partial charge in [-0.25, -0.2) is 4.79 Å². The van der Waals surface area contributed by atoms with Crippen LogP contribution in [0.4, 0.5) is 4.79 Å². The van der Waals surface area contributed by atoms with Crippen molar-refractivity contribution in [3.05, 3.63) is 35.4 Å². The van der Waals surface area contributed by atoms with Crippen LogP contribution in [0.2, 0.25) is 0 Å². The first-order valence-corrected chi connectivity index (χ1v) is 9.61. The van der Waals surface area contributed by atoms with Gasteiger partial charge in [0.25, 0.3) is 0 Å². The van der Waals surface area contributed by atoms with Crippen LogP contribution < -0.4 is 5.32 Å². The molecule has 1 saturated heterocycles. The van der Waals surface area contributed by atoms with Gasteiger partial charge in [-0.1, -0.05) is 31.2 Å². The van der Waals surface area contributed by atoms with Crippen molar-refractivity contribution in [2.45, 2.75) is 51.7 Å². The second-order valence-corrected chi connectivity index (χ2v) is 7.61. The third-order valence-corrected chi connectivity index (χ3v) is 5.20. The highest BCUT2D eigenvalue weighted by Crippen LogP contribution is 2.26. The topological polar surface area (TPSA) is 55.8 Å². The van der Waals surface area contributed by atoms with Crippen molar-refractivity contribution in [1.82, 2.24) is 15.1 Å². The lowest BCUT2D eigenvalue weighted by Crippen LogP contribution is -2.42. The van der Waals surface area contributed by atoms with Gasteiger partial charge in [0.1, 0.15) is 0 Å². The van der Waals surface area contributed by atoms with Crippen molar-refractivity contribution in [2.75, 3.05) is 26.2 Å². The molecule has 1 unspecified atom stereocenters. The Morgan fingerprint density at radius 3 is 2.60 bits per heavy atom. The van der Waals surface area contributed by atoms with E-state index in [9.17, 15) is 4.79 Å². The summed E-state index contributed by atoms with van der Waals surface area (Å²) in [6.45, 7) is 6.72. The van der Waals surface area contributed by atoms with E-state index < -0.39 is 0 Å². The van der Waals surface area contributed by atoms with E-state index in [2.05, 4.69) is 41.4 Å². The van der Waals surface area contributed by atoms with E-state index in [1.54, 1.807) is 4.90 Å². The fraction of sp³-hybridized carbons (Fsp3) is 0.650. The SMILES string of the molecule is CC1CCCN(Cc2ccc(CNC(=O)N(CCO)C3CC3)cc2)C1. The fourth-order valence-electron chi connectivity index (χ4n) is 3.67. The lowest BCUT2D eigenvalue weighted by Gasteiger charge is -2.30. The molecule has 1 aliphatic carbocycles. The molecule has 0 spiro atoms. The van der Waals surface area contributed by atoms with Gasteiger partial charge in [0.2, 0.25) is 0 Å². The lowest BCUT2D eigenvalue weighted by molar-refractivity contribution is 0.173. The van der Waals surface area contributed by atoms with Crippen molar-refractivity contribution in [3.8, 4) is 0 Å². The zero-order chi connectivity index (χ0) is 17.6. The summed E-state index contributed by atoms with van der Waals surface area (Å²) in [6.07, 6.45) is 4.76. The molecule has 1 aromatic carbocycles. The van der Waals surface area contributed by atoms with E-state index in [0.717, 1.165) is 30.9 Å². The molecule has 3 rings (SSSR count). The number of nitrogens with one attached hydrogen (secondary N) is 1. The standard InChI is InChI=1S/C20H31N3O2/c1-16-3-2-10-22(14-16)15-18-6-4-17(5-7-18)13-21-20(25)23(11-12-24)19-8-9-19/h4-7,16,19,24H,2-3,8-15H2,1H3,(H,21,25). The minimum atomic E-state index is -0.0667. The molecular weight excluding hydrogens is 314 g/mol. The minimum absolute atomic E-state index is 0.0216. The molecule has 2 amide bonds. The molecule has 138 valence electrons. The first-order chi connectivity index (χ1) is 12.2. The van der Waals surface area contributed by atoms with Crippen LogP contribution in [0.1, 0.15) is 43.7 Å². The molecule has 0 aromatic heterocycles. The third-order valence-electron chi connectivity index (χ3n) is 5.20. The Hall–Kier alpha value is -1.59. The predicted molar refractivity (Wildman–Crippen MR) is 99.2 cm³/mol. The van der Waals surface area contributed by atoms with Gasteiger partial charge in [0, 0.05) is 32.2 Å². The number of carbonyl (C=O) groups is 1. The average molecular weight is 345 g/mol. The van der Waals surface area contributed by atoms with Crippen LogP contribution in [0.25, 0.3) is 0 Å². The first kappa shape index (κ1) is 18.2. The molecule has 2 N–H and O–H groups in total. The van der Waals surface area contributed by atoms with Gasteiger partial charge in [0.05, 0.1) is 6.61 Å². The van der Waals surface area contributed by atoms with Gasteiger partial charge >= 0.3 is 6.03 Å². The number of nitrogens with zero attached hydrogens (tertiary/aromatic N) is 2. The summed E-state index contributed by atoms with van der Waals surface area (Å²) in [4.78, 5) is 16.5. The van der Waals surface area contributed by atoms with Gasteiger partial charge in [-0.2, -0.15) is 0 Å². The van der Waals surface area contributed by atoms with E-state index in [0.29, 0.717) is 19.1 Å². The summed E-state index contributed by atoms with van der Waals surface area (Å²) in [6, 6.07) is 8.82. The fourth-order valence-corrected chi connectivity index (χ4v) is 3.67. The van der Waals surface area contributed by atoms with Gasteiger partial charge in [-0.3, -0.25) is 4.90 Å². The molecule has 0 radical (unpaired) electrons. The van der Waals surface area contributed by atoms with E-state index in [1.165, 1.54) is 31.5 Å². The highest BCUT2D eigenvalue weighted by molar-refractivity contribution is 5.74. The van der Waals surface area contributed by atoms with Gasteiger partial charge < -0.3 is 15.3 Å². The summed E-state index contributed by atoms with van der Waals surface area (Å²) in [5.74, 6) is 0.802. The van der Waals surface area contributed by atoms with Crippen molar-refractivity contribution < 1.29 is 9.90 Å². The first-order valence-electron chi connectivity index (χ1n) is 9.61. The molecule has 25 heavy (non-hydrogen) atoms. The van der Waals surface area contributed by atoms with Gasteiger partial charge in [0.15, 0.2) is 0 Å². The minimum Gasteiger partial charge on any atom is -0.395 e. The molecule has 5 heteroatoms. The van der Waals surface area contributed by atoms with Crippen LogP contribution in [0.5, 0.6) is 0 Å². The summed E-state index contributed by atoms with van der Waals surface area (Å²) in [5, 5.41) is 12.1. The Kier molecular flexibility index (Phi) is 6.32. The van der Waals surface area contributed by atoms with Crippen molar-refractivity contribution >= 4 is 6.03 Å². The molecule has 1 atom stereocenters. The highest BCUT2D eigenvalue weighted by Gasteiger charge is 2.31. The van der Waals surface area contributed by atoms with E-state index >= 15 is 0 Å². The normalized spacial score (nSPS) is 21.1. The quantitative estimate of drug-likeness (QED) is 0.799. The van der Waals surface area contributed by atoms with Crippen molar-refractivity contribution in [3.63, 3.8) is 0 Å². The second kappa shape index (κ2) is 8.68. The molecule has 1 saturated carbocycles. The molecule has 1 aromatic rings. The number of carbonyl (C=O) groups excluding carboxylic acids is 1. The third kappa shape index (κ3) is 5.44. The highest BCUT2D eigenvalue weighted by atomic mass is 16.3. The molecule has 2 fully saturated rings. The molecule has 1 heterocycles. The van der Waals surface area contributed by atoms with Crippen LogP contribution in [0, 0.1) is 5.92 Å². The molecule has 0 bridgehead atoms. The van der Waals surface area contributed by atoms with Crippen LogP contribution in [-0.4, -0.2) is 53.2 Å². The van der Waals surface area contributed by atoms with Gasteiger partial charge in [-0.05, 0) is 49.3 Å². The van der Waals surface area contributed by atoms with E-state index in [1.807, 2.05) is 0 Å². The Bertz CT molecular complexity index is 557. The number of aliphatic hydroxyl groups is 1. The summed E-state index contributed by atoms with van der Waals surface area (Å²) >= 11 is 0. The van der Waals surface area contributed by atoms with Crippen LogP contribution in [0.15, 0.2) is 24.3 Å². The summed E-state index contributed by atoms with van der Waals surface area (Å²) < 4.78 is 0. The maximum atomic E-state index is 12.2. The average Bonchev–Trinajstić information content (AvgIpc) is 3.44. The Morgan fingerprint density at radius 1 is 1.24 bits per heavy atom. The Balaban J connectivity index is 1.46. The van der Waals surface area contributed by atoms with E-state index in [-0.39, 0.29) is 12.6 Å². The number of hydrogen-bond donors (Lipinski definition) is 2. The van der Waals surface area contributed by atoms with Crippen LogP contribution in [-0.2, 0) is 13.1 Å². The zero-order valence-corrected chi connectivity index (χ0v) is 15.3. The molecule has 1 aliphatic heterocycles. The van der Waals surface area contributed by atoms with Gasteiger partial charge in [-0.15, -0.1) is 0 Å². The number of hydrogen-bond acceptors (Lipinski definition) is 3. The number of piperidine rings is 1. The smallest absolute Gasteiger partial charge is 0.317 e. The largest absolute Gasteiger partial charge is 0.395 e. The van der Waals surface area contributed by atoms with Crippen LogP contribution >= 0.6 is 0 Å². The number of amides is 2. The second-order valence-electron chi connectivity index (χ2n) is 7.61. The number of benzene rings is 1. The summed E-state index contributed by atoms with van der Waals surface area (Å²) in [5.41, 5.74) is 2.45. The maximum absolute atomic E-state index is 12.2. The molecular formula is C20H31N3O2. The molecule has 5 nitrogen and oxygen atoms in total. The number of aliphatic hydroxyl groups excluding tert-OH is 1.